The molecule has 0 radical (unpaired) electrons. The summed E-state index contributed by atoms with van der Waals surface area (Å²) in [4.78, 5) is 23.2. The molecule has 1 heterocycles. The van der Waals surface area contributed by atoms with Crippen molar-refractivity contribution in [1.82, 2.24) is 9.78 Å². The number of hydrogen-bond donors (Lipinski definition) is 1. The Bertz CT molecular complexity index is 1040. The smallest absolute Gasteiger partial charge is 0.275 e. The van der Waals surface area contributed by atoms with E-state index in [-0.39, 0.29) is 23.0 Å². The summed E-state index contributed by atoms with van der Waals surface area (Å²) >= 11 is 11.7. The van der Waals surface area contributed by atoms with E-state index in [0.717, 1.165) is 0 Å². The second-order valence-corrected chi connectivity index (χ2v) is 7.17. The molecule has 29 heavy (non-hydrogen) atoms. The van der Waals surface area contributed by atoms with Gasteiger partial charge >= 0.3 is 0 Å². The molecule has 8 nitrogen and oxygen atoms in total. The molecule has 2 aromatic carbocycles. The van der Waals surface area contributed by atoms with Crippen LogP contribution in [-0.4, -0.2) is 20.6 Å². The molecule has 0 aliphatic carbocycles. The van der Waals surface area contributed by atoms with E-state index < -0.39 is 10.8 Å². The number of halogens is 2. The normalized spacial score (nSPS) is 11.7. The first-order valence-electron chi connectivity index (χ1n) is 8.52. The zero-order chi connectivity index (χ0) is 21.0. The average Bonchev–Trinajstić information content (AvgIpc) is 3.08. The van der Waals surface area contributed by atoms with E-state index in [1.807, 2.05) is 0 Å². The maximum atomic E-state index is 12.5. The van der Waals surface area contributed by atoms with Gasteiger partial charge in [-0.05, 0) is 24.3 Å². The number of ether oxygens (including phenoxy) is 1. The molecule has 1 N–H and O–H groups in total. The van der Waals surface area contributed by atoms with Crippen molar-refractivity contribution in [3.63, 3.8) is 0 Å². The molecule has 0 aliphatic rings. The second-order valence-electron chi connectivity index (χ2n) is 6.30. The van der Waals surface area contributed by atoms with Crippen molar-refractivity contribution < 1.29 is 14.5 Å². The van der Waals surface area contributed by atoms with Gasteiger partial charge in [0.05, 0.1) is 40.4 Å². The van der Waals surface area contributed by atoms with Gasteiger partial charge in [0.1, 0.15) is 11.5 Å². The van der Waals surface area contributed by atoms with E-state index in [1.54, 1.807) is 42.1 Å². The van der Waals surface area contributed by atoms with E-state index in [0.29, 0.717) is 22.3 Å². The summed E-state index contributed by atoms with van der Waals surface area (Å²) in [7, 11) is 0. The third-order valence-corrected chi connectivity index (χ3v) is 4.38. The molecule has 3 rings (SSSR count). The van der Waals surface area contributed by atoms with Gasteiger partial charge in [-0.25, -0.2) is 0 Å². The number of carbonyl (C=O) groups is 1. The van der Waals surface area contributed by atoms with Crippen molar-refractivity contribution in [2.75, 3.05) is 5.32 Å². The van der Waals surface area contributed by atoms with Gasteiger partial charge in [0, 0.05) is 23.4 Å². The van der Waals surface area contributed by atoms with Crippen LogP contribution < -0.4 is 10.1 Å². The van der Waals surface area contributed by atoms with Crippen LogP contribution in [0.3, 0.4) is 0 Å². The Morgan fingerprint density at radius 1 is 1.21 bits per heavy atom. The maximum absolute atomic E-state index is 12.5. The molecule has 0 spiro atoms. The fourth-order valence-electron chi connectivity index (χ4n) is 2.53. The standard InChI is InChI=1S/C19H16Cl2N4O4/c1-12(10-24-11-14(21)9-22-24)19(26)23-15-6-16(25(27)28)8-18(7-15)29-17-4-2-13(20)3-5-17/h2-9,11-12H,10H2,1H3,(H,23,26). The Kier molecular flexibility index (Phi) is 6.36. The van der Waals surface area contributed by atoms with Gasteiger partial charge in [-0.2, -0.15) is 5.10 Å². The molecule has 0 fully saturated rings. The number of benzene rings is 2. The van der Waals surface area contributed by atoms with Gasteiger partial charge in [-0.15, -0.1) is 0 Å². The highest BCUT2D eigenvalue weighted by molar-refractivity contribution is 6.30. The Morgan fingerprint density at radius 3 is 2.55 bits per heavy atom. The highest BCUT2D eigenvalue weighted by Gasteiger charge is 2.17. The molecule has 0 aliphatic heterocycles. The van der Waals surface area contributed by atoms with Crippen molar-refractivity contribution in [2.45, 2.75) is 13.5 Å². The van der Waals surface area contributed by atoms with Crippen molar-refractivity contribution in [1.29, 1.82) is 0 Å². The molecule has 10 heteroatoms. The van der Waals surface area contributed by atoms with E-state index in [1.165, 1.54) is 24.4 Å². The highest BCUT2D eigenvalue weighted by Crippen LogP contribution is 2.30. The number of nitrogens with one attached hydrogen (secondary N) is 1. The summed E-state index contributed by atoms with van der Waals surface area (Å²) in [5.41, 5.74) is 0.0387. The third-order valence-electron chi connectivity index (χ3n) is 3.93. The SMILES string of the molecule is CC(Cn1cc(Cl)cn1)C(=O)Nc1cc(Oc2ccc(Cl)cc2)cc([N+](=O)[O-])c1. The summed E-state index contributed by atoms with van der Waals surface area (Å²) in [6.45, 7) is 2.02. The summed E-state index contributed by atoms with van der Waals surface area (Å²) in [6.07, 6.45) is 3.09. The predicted octanol–water partition coefficient (Wildman–Crippen LogP) is 5.17. The quantitative estimate of drug-likeness (QED) is 0.408. The van der Waals surface area contributed by atoms with Crippen LogP contribution in [0.4, 0.5) is 11.4 Å². The molecule has 3 aromatic rings. The molecular weight excluding hydrogens is 419 g/mol. The minimum Gasteiger partial charge on any atom is -0.457 e. The topological polar surface area (TPSA) is 99.3 Å². The minimum atomic E-state index is -0.556. The molecular formula is C19H16Cl2N4O4. The number of hydrogen-bond acceptors (Lipinski definition) is 5. The number of rotatable bonds is 7. The fraction of sp³-hybridized carbons (Fsp3) is 0.158. The molecule has 1 aromatic heterocycles. The number of nitrogens with zero attached hydrogens (tertiary/aromatic N) is 3. The Morgan fingerprint density at radius 2 is 1.93 bits per heavy atom. The first-order valence-corrected chi connectivity index (χ1v) is 9.27. The van der Waals surface area contributed by atoms with Crippen molar-refractivity contribution >= 4 is 40.5 Å². The number of carbonyl (C=O) groups excluding carboxylic acids is 1. The van der Waals surface area contributed by atoms with E-state index >= 15 is 0 Å². The molecule has 0 bridgehead atoms. The summed E-state index contributed by atoms with van der Waals surface area (Å²) in [5, 5.41) is 19.0. The van der Waals surface area contributed by atoms with E-state index in [2.05, 4.69) is 10.4 Å². The van der Waals surface area contributed by atoms with Gasteiger partial charge in [0.15, 0.2) is 0 Å². The van der Waals surface area contributed by atoms with Crippen molar-refractivity contribution in [2.24, 2.45) is 5.92 Å². The van der Waals surface area contributed by atoms with E-state index in [4.69, 9.17) is 27.9 Å². The lowest BCUT2D eigenvalue weighted by molar-refractivity contribution is -0.384. The number of aromatic nitrogens is 2. The third kappa shape index (κ3) is 5.69. The van der Waals surface area contributed by atoms with Gasteiger partial charge in [-0.3, -0.25) is 19.6 Å². The molecule has 1 atom stereocenters. The summed E-state index contributed by atoms with van der Waals surface area (Å²) < 4.78 is 7.21. The molecule has 150 valence electrons. The van der Waals surface area contributed by atoms with Crippen LogP contribution in [0.25, 0.3) is 0 Å². The first-order chi connectivity index (χ1) is 13.8. The van der Waals surface area contributed by atoms with Crippen molar-refractivity contribution in [3.05, 3.63) is 75.0 Å². The Balaban J connectivity index is 1.76. The first kappa shape index (κ1) is 20.6. The number of amides is 1. The number of nitro benzene ring substituents is 1. The van der Waals surface area contributed by atoms with Gasteiger partial charge in [0.2, 0.25) is 5.91 Å². The van der Waals surface area contributed by atoms with Crippen LogP contribution in [-0.2, 0) is 11.3 Å². The Hall–Kier alpha value is -3.10. The number of nitro groups is 1. The molecule has 0 saturated carbocycles. The molecule has 1 amide bonds. The van der Waals surface area contributed by atoms with Crippen LogP contribution in [0, 0.1) is 16.0 Å². The number of anilines is 1. The lowest BCUT2D eigenvalue weighted by atomic mass is 10.1. The monoisotopic (exact) mass is 434 g/mol. The zero-order valence-corrected chi connectivity index (χ0v) is 16.7. The molecule has 0 saturated heterocycles. The highest BCUT2D eigenvalue weighted by atomic mass is 35.5. The van der Waals surface area contributed by atoms with E-state index in [9.17, 15) is 14.9 Å². The zero-order valence-electron chi connectivity index (χ0n) is 15.2. The van der Waals surface area contributed by atoms with Gasteiger partial charge < -0.3 is 10.1 Å². The van der Waals surface area contributed by atoms with Crippen LogP contribution in [0.15, 0.2) is 54.9 Å². The van der Waals surface area contributed by atoms with Crippen LogP contribution in [0.2, 0.25) is 10.0 Å². The maximum Gasteiger partial charge on any atom is 0.275 e. The summed E-state index contributed by atoms with van der Waals surface area (Å²) in [6, 6.07) is 10.6. The second kappa shape index (κ2) is 8.93. The van der Waals surface area contributed by atoms with Crippen LogP contribution in [0.1, 0.15) is 6.92 Å². The lowest BCUT2D eigenvalue weighted by Gasteiger charge is -2.13. The largest absolute Gasteiger partial charge is 0.457 e. The summed E-state index contributed by atoms with van der Waals surface area (Å²) in [5.74, 6) is -0.111. The molecule has 1 unspecified atom stereocenters. The van der Waals surface area contributed by atoms with Crippen molar-refractivity contribution in [3.8, 4) is 11.5 Å². The number of non-ortho nitro benzene ring substituents is 1. The Labute approximate surface area is 176 Å². The lowest BCUT2D eigenvalue weighted by Crippen LogP contribution is -2.24. The predicted molar refractivity (Wildman–Crippen MR) is 110 cm³/mol. The van der Waals surface area contributed by atoms with Gasteiger partial charge in [-0.1, -0.05) is 30.1 Å². The minimum absolute atomic E-state index is 0.210. The van der Waals surface area contributed by atoms with Crippen LogP contribution >= 0.6 is 23.2 Å². The van der Waals surface area contributed by atoms with Gasteiger partial charge in [0.25, 0.3) is 5.69 Å². The average molecular weight is 435 g/mol. The van der Waals surface area contributed by atoms with Crippen LogP contribution in [0.5, 0.6) is 11.5 Å². The fourth-order valence-corrected chi connectivity index (χ4v) is 2.81.